The van der Waals surface area contributed by atoms with E-state index in [4.69, 9.17) is 5.73 Å². The summed E-state index contributed by atoms with van der Waals surface area (Å²) in [5.41, 5.74) is 9.93. The van der Waals surface area contributed by atoms with Crippen LogP contribution in [0.5, 0.6) is 0 Å². The lowest BCUT2D eigenvalue weighted by Gasteiger charge is -2.19. The number of nitrogens with zero attached hydrogens (tertiary/aromatic N) is 3. The molecule has 1 heterocycles. The van der Waals surface area contributed by atoms with Crippen LogP contribution in [0.1, 0.15) is 24.0 Å². The maximum absolute atomic E-state index is 6.01. The standard InChI is InChI=1S/C16H20BrN5.HI/c17-13-10-20-22(11-13)9-8-19-16(18)21-15-7-3-5-12-4-1-2-6-14(12)15;/h3,5,7,10-11H,1-2,4,6,8-9H2,(H3,18,19,21);1H. The van der Waals surface area contributed by atoms with Crippen molar-refractivity contribution in [2.45, 2.75) is 32.2 Å². The first-order valence-electron chi connectivity index (χ1n) is 7.58. The molecular formula is C16H21BrIN5. The van der Waals surface area contributed by atoms with E-state index in [-0.39, 0.29) is 24.0 Å². The summed E-state index contributed by atoms with van der Waals surface area (Å²) in [6.45, 7) is 1.31. The molecule has 1 aliphatic rings. The second-order valence-electron chi connectivity index (χ2n) is 5.46. The van der Waals surface area contributed by atoms with Crippen molar-refractivity contribution in [3.63, 3.8) is 0 Å². The molecule has 5 nitrogen and oxygen atoms in total. The summed E-state index contributed by atoms with van der Waals surface area (Å²) in [5.74, 6) is 0.463. The van der Waals surface area contributed by atoms with Gasteiger partial charge in [-0.15, -0.1) is 24.0 Å². The molecule has 0 aliphatic heterocycles. The van der Waals surface area contributed by atoms with E-state index in [1.807, 2.05) is 10.9 Å². The molecule has 7 heteroatoms. The van der Waals surface area contributed by atoms with Crippen LogP contribution in [0.4, 0.5) is 5.69 Å². The molecule has 3 N–H and O–H groups in total. The van der Waals surface area contributed by atoms with E-state index in [1.54, 1.807) is 6.20 Å². The maximum atomic E-state index is 6.01. The fraction of sp³-hybridized carbons (Fsp3) is 0.375. The Bertz CT molecular complexity index is 683. The minimum atomic E-state index is 0. The Balaban J connectivity index is 0.00000192. The highest BCUT2D eigenvalue weighted by atomic mass is 127. The average molecular weight is 490 g/mol. The molecule has 0 spiro atoms. The molecule has 0 saturated heterocycles. The van der Waals surface area contributed by atoms with Crippen molar-refractivity contribution in [1.82, 2.24) is 9.78 Å². The number of nitrogens with two attached hydrogens (primary N) is 1. The lowest BCUT2D eigenvalue weighted by Crippen LogP contribution is -2.24. The number of halogens is 2. The highest BCUT2D eigenvalue weighted by Gasteiger charge is 2.12. The van der Waals surface area contributed by atoms with Crippen LogP contribution in [0, 0.1) is 0 Å². The lowest BCUT2D eigenvalue weighted by atomic mass is 9.90. The van der Waals surface area contributed by atoms with Crippen molar-refractivity contribution in [1.29, 1.82) is 0 Å². The molecular weight excluding hydrogens is 469 g/mol. The Hall–Kier alpha value is -1.09. The minimum absolute atomic E-state index is 0. The normalized spacial score (nSPS) is 14.0. The molecule has 0 fully saturated rings. The number of hydrogen-bond donors (Lipinski definition) is 2. The fourth-order valence-electron chi connectivity index (χ4n) is 2.81. The molecule has 1 aliphatic carbocycles. The van der Waals surface area contributed by atoms with E-state index in [0.717, 1.165) is 23.0 Å². The van der Waals surface area contributed by atoms with Crippen molar-refractivity contribution in [2.75, 3.05) is 11.9 Å². The van der Waals surface area contributed by atoms with Gasteiger partial charge < -0.3 is 11.1 Å². The van der Waals surface area contributed by atoms with Gasteiger partial charge in [-0.3, -0.25) is 9.67 Å². The van der Waals surface area contributed by atoms with Crippen molar-refractivity contribution in [3.8, 4) is 0 Å². The first-order chi connectivity index (χ1) is 10.7. The SMILES string of the molecule is I.NC(=NCCn1cc(Br)cn1)Nc1cccc2c1CCCC2. The van der Waals surface area contributed by atoms with Gasteiger partial charge >= 0.3 is 0 Å². The number of rotatable bonds is 4. The number of benzene rings is 1. The van der Waals surface area contributed by atoms with Crippen LogP contribution in [0.3, 0.4) is 0 Å². The van der Waals surface area contributed by atoms with Gasteiger partial charge in [0.1, 0.15) is 0 Å². The Labute approximate surface area is 161 Å². The zero-order valence-corrected chi connectivity index (χ0v) is 16.8. The first-order valence-corrected chi connectivity index (χ1v) is 8.37. The van der Waals surface area contributed by atoms with Crippen molar-refractivity contribution < 1.29 is 0 Å². The number of guanidine groups is 1. The molecule has 2 aromatic rings. The molecule has 23 heavy (non-hydrogen) atoms. The summed E-state index contributed by atoms with van der Waals surface area (Å²) < 4.78 is 2.81. The first kappa shape index (κ1) is 18.3. The van der Waals surface area contributed by atoms with Crippen LogP contribution < -0.4 is 11.1 Å². The number of aryl methyl sites for hydroxylation is 1. The third-order valence-corrected chi connectivity index (χ3v) is 4.28. The third kappa shape index (κ3) is 4.94. The lowest BCUT2D eigenvalue weighted by molar-refractivity contribution is 0.625. The number of nitrogens with one attached hydrogen (secondary N) is 1. The molecule has 0 saturated carbocycles. The highest BCUT2D eigenvalue weighted by Crippen LogP contribution is 2.27. The van der Waals surface area contributed by atoms with E-state index in [1.165, 1.54) is 24.0 Å². The zero-order chi connectivity index (χ0) is 15.4. The number of aliphatic imine (C=N–C) groups is 1. The summed E-state index contributed by atoms with van der Waals surface area (Å²) in [7, 11) is 0. The number of aromatic nitrogens is 2. The quantitative estimate of drug-likeness (QED) is 0.392. The number of anilines is 1. The number of fused-ring (bicyclic) bond motifs is 1. The summed E-state index contributed by atoms with van der Waals surface area (Å²) in [6.07, 6.45) is 8.49. The summed E-state index contributed by atoms with van der Waals surface area (Å²) >= 11 is 3.38. The highest BCUT2D eigenvalue weighted by molar-refractivity contribution is 14.0. The van der Waals surface area contributed by atoms with E-state index in [0.29, 0.717) is 19.0 Å². The van der Waals surface area contributed by atoms with E-state index < -0.39 is 0 Å². The van der Waals surface area contributed by atoms with Gasteiger partial charge in [0.2, 0.25) is 0 Å². The predicted octanol–water partition coefficient (Wildman–Crippen LogP) is 3.57. The Morgan fingerprint density at radius 2 is 2.17 bits per heavy atom. The number of hydrogen-bond acceptors (Lipinski definition) is 2. The predicted molar refractivity (Wildman–Crippen MR) is 109 cm³/mol. The summed E-state index contributed by atoms with van der Waals surface area (Å²) in [6, 6.07) is 6.38. The van der Waals surface area contributed by atoms with Gasteiger partial charge in [0.25, 0.3) is 0 Å². The molecule has 0 amide bonds. The molecule has 1 aromatic heterocycles. The Morgan fingerprint density at radius 3 is 2.96 bits per heavy atom. The van der Waals surface area contributed by atoms with Crippen LogP contribution in [0.15, 0.2) is 40.1 Å². The van der Waals surface area contributed by atoms with Gasteiger partial charge in [0.05, 0.1) is 23.8 Å². The van der Waals surface area contributed by atoms with Crippen LogP contribution in [-0.4, -0.2) is 22.3 Å². The summed E-state index contributed by atoms with van der Waals surface area (Å²) in [4.78, 5) is 4.38. The van der Waals surface area contributed by atoms with Crippen molar-refractivity contribution in [2.24, 2.45) is 10.7 Å². The van der Waals surface area contributed by atoms with E-state index >= 15 is 0 Å². The molecule has 0 unspecified atom stereocenters. The minimum Gasteiger partial charge on any atom is -0.370 e. The maximum Gasteiger partial charge on any atom is 0.193 e. The van der Waals surface area contributed by atoms with Gasteiger partial charge in [0.15, 0.2) is 5.96 Å². The molecule has 124 valence electrons. The molecule has 0 bridgehead atoms. The van der Waals surface area contributed by atoms with Crippen molar-refractivity contribution in [3.05, 3.63) is 46.2 Å². The zero-order valence-electron chi connectivity index (χ0n) is 12.8. The monoisotopic (exact) mass is 489 g/mol. The van der Waals surface area contributed by atoms with Crippen LogP contribution in [-0.2, 0) is 19.4 Å². The van der Waals surface area contributed by atoms with Gasteiger partial charge in [-0.25, -0.2) is 0 Å². The van der Waals surface area contributed by atoms with Crippen LogP contribution in [0.25, 0.3) is 0 Å². The van der Waals surface area contributed by atoms with Crippen LogP contribution >= 0.6 is 39.9 Å². The molecule has 0 radical (unpaired) electrons. The average Bonchev–Trinajstić information content (AvgIpc) is 2.93. The second kappa shape index (κ2) is 8.68. The molecule has 0 atom stereocenters. The third-order valence-electron chi connectivity index (χ3n) is 3.87. The molecule has 1 aromatic carbocycles. The van der Waals surface area contributed by atoms with Gasteiger partial charge in [-0.05, 0) is 58.8 Å². The Morgan fingerprint density at radius 1 is 1.35 bits per heavy atom. The van der Waals surface area contributed by atoms with Gasteiger partial charge in [-0.1, -0.05) is 12.1 Å². The Kier molecular flexibility index (Phi) is 6.88. The largest absolute Gasteiger partial charge is 0.370 e. The fourth-order valence-corrected chi connectivity index (χ4v) is 3.14. The van der Waals surface area contributed by atoms with E-state index in [2.05, 4.69) is 49.5 Å². The summed E-state index contributed by atoms with van der Waals surface area (Å²) in [5, 5.41) is 7.44. The van der Waals surface area contributed by atoms with Gasteiger partial charge in [0, 0.05) is 11.9 Å². The molecule has 3 rings (SSSR count). The van der Waals surface area contributed by atoms with Crippen molar-refractivity contribution >= 4 is 51.6 Å². The topological polar surface area (TPSA) is 68.2 Å². The van der Waals surface area contributed by atoms with Crippen LogP contribution in [0.2, 0.25) is 0 Å². The van der Waals surface area contributed by atoms with Gasteiger partial charge in [-0.2, -0.15) is 5.10 Å². The smallest absolute Gasteiger partial charge is 0.193 e. The van der Waals surface area contributed by atoms with E-state index in [9.17, 15) is 0 Å². The second-order valence-corrected chi connectivity index (χ2v) is 6.38.